The maximum absolute atomic E-state index is 13.8. The summed E-state index contributed by atoms with van der Waals surface area (Å²) in [5.41, 5.74) is 1.49. The number of pyridine rings is 1. The fraction of sp³-hybridized carbons (Fsp3) is 0.391. The van der Waals surface area contributed by atoms with Gasteiger partial charge in [0.1, 0.15) is 0 Å². The molecule has 0 radical (unpaired) electrons. The quantitative estimate of drug-likeness (QED) is 0.671. The van der Waals surface area contributed by atoms with E-state index in [1.165, 1.54) is 6.26 Å². The number of fused-ring (bicyclic) bond motifs is 1. The van der Waals surface area contributed by atoms with Crippen LogP contribution in [0.5, 0.6) is 0 Å². The predicted molar refractivity (Wildman–Crippen MR) is 109 cm³/mol. The first-order chi connectivity index (χ1) is 13.8. The number of aliphatic hydroxyl groups is 1. The number of rotatable bonds is 4. The van der Waals surface area contributed by atoms with Gasteiger partial charge in [-0.2, -0.15) is 0 Å². The van der Waals surface area contributed by atoms with Crippen LogP contribution in [0.25, 0.3) is 22.2 Å². The van der Waals surface area contributed by atoms with Crippen molar-refractivity contribution in [2.45, 2.75) is 51.2 Å². The lowest BCUT2D eigenvalue weighted by Crippen LogP contribution is -2.41. The number of aromatic nitrogens is 1. The number of nitrogens with one attached hydrogen (secondary N) is 1. The minimum atomic E-state index is -0.667. The molecule has 0 aliphatic heterocycles. The average molecular weight is 396 g/mol. The van der Waals surface area contributed by atoms with Crippen LogP contribution in [0.3, 0.4) is 0 Å². The van der Waals surface area contributed by atoms with Crippen molar-refractivity contribution in [2.24, 2.45) is 5.92 Å². The zero-order chi connectivity index (χ0) is 20.6. The van der Waals surface area contributed by atoms with Crippen LogP contribution in [0, 0.1) is 11.7 Å². The second-order valence-corrected chi connectivity index (χ2v) is 8.37. The highest BCUT2D eigenvalue weighted by Gasteiger charge is 2.31. The third-order valence-electron chi connectivity index (χ3n) is 5.93. The Morgan fingerprint density at radius 2 is 1.86 bits per heavy atom. The summed E-state index contributed by atoms with van der Waals surface area (Å²) < 4.78 is 19.0. The molecule has 4 rings (SSSR count). The number of amides is 1. The summed E-state index contributed by atoms with van der Waals surface area (Å²) >= 11 is 0. The Morgan fingerprint density at radius 3 is 2.52 bits per heavy atom. The Balaban J connectivity index is 1.44. The summed E-state index contributed by atoms with van der Waals surface area (Å²) in [7, 11) is 0. The highest BCUT2D eigenvalue weighted by atomic mass is 19.1. The predicted octanol–water partition coefficient (Wildman–Crippen LogP) is 4.69. The standard InChI is InChI=1S/C23H25FN2O3/c1-23(2,28)16-7-9-17(10-8-16)26-22(27)15-5-3-14(4-6-15)20-18-11-12-29-21(18)19(24)13-25-20/h3-6,11-13,16-17,28H,7-10H2,1-2H3,(H,26,27)/t16-,17-. The van der Waals surface area contributed by atoms with Gasteiger partial charge < -0.3 is 14.8 Å². The van der Waals surface area contributed by atoms with Crippen LogP contribution in [0.4, 0.5) is 4.39 Å². The van der Waals surface area contributed by atoms with Gasteiger partial charge in [-0.3, -0.25) is 9.78 Å². The van der Waals surface area contributed by atoms with Gasteiger partial charge in [0.15, 0.2) is 11.4 Å². The summed E-state index contributed by atoms with van der Waals surface area (Å²) in [6.45, 7) is 3.71. The minimum Gasteiger partial charge on any atom is -0.461 e. The molecular formula is C23H25FN2O3. The summed E-state index contributed by atoms with van der Waals surface area (Å²) in [6, 6.07) is 8.95. The van der Waals surface area contributed by atoms with Crippen molar-refractivity contribution in [3.05, 3.63) is 54.2 Å². The van der Waals surface area contributed by atoms with Crippen molar-refractivity contribution in [1.82, 2.24) is 10.3 Å². The molecule has 1 aliphatic rings. The molecule has 1 aliphatic carbocycles. The molecule has 1 amide bonds. The highest BCUT2D eigenvalue weighted by molar-refractivity contribution is 5.96. The van der Waals surface area contributed by atoms with Crippen molar-refractivity contribution in [3.8, 4) is 11.3 Å². The first kappa shape index (κ1) is 19.6. The van der Waals surface area contributed by atoms with Crippen LogP contribution in [0.2, 0.25) is 0 Å². The molecule has 2 heterocycles. The number of hydrogen-bond donors (Lipinski definition) is 2. The highest BCUT2D eigenvalue weighted by Crippen LogP contribution is 2.33. The molecular weight excluding hydrogens is 371 g/mol. The van der Waals surface area contributed by atoms with Gasteiger partial charge in [0, 0.05) is 22.6 Å². The van der Waals surface area contributed by atoms with E-state index < -0.39 is 11.4 Å². The van der Waals surface area contributed by atoms with Crippen LogP contribution in [0.1, 0.15) is 49.9 Å². The van der Waals surface area contributed by atoms with E-state index >= 15 is 0 Å². The summed E-state index contributed by atoms with van der Waals surface area (Å²) in [5.74, 6) is -0.328. The molecule has 2 aromatic heterocycles. The Hall–Kier alpha value is -2.73. The van der Waals surface area contributed by atoms with E-state index in [2.05, 4.69) is 10.3 Å². The Morgan fingerprint density at radius 1 is 1.17 bits per heavy atom. The SMILES string of the molecule is CC(C)(O)[C@H]1CC[C@H](NC(=O)c2ccc(-c3ncc(F)c4occc34)cc2)CC1. The van der Waals surface area contributed by atoms with Gasteiger partial charge in [0.2, 0.25) is 0 Å². The van der Waals surface area contributed by atoms with Crippen molar-refractivity contribution in [2.75, 3.05) is 0 Å². The van der Waals surface area contributed by atoms with Gasteiger partial charge in [-0.15, -0.1) is 0 Å². The number of nitrogens with zero attached hydrogens (tertiary/aromatic N) is 1. The third kappa shape index (κ3) is 4.03. The molecule has 152 valence electrons. The summed E-state index contributed by atoms with van der Waals surface area (Å²) in [5, 5.41) is 13.9. The Bertz CT molecular complexity index is 1010. The molecule has 0 saturated heterocycles. The average Bonchev–Trinajstić information content (AvgIpc) is 3.19. The molecule has 0 spiro atoms. The zero-order valence-corrected chi connectivity index (χ0v) is 16.6. The molecule has 1 saturated carbocycles. The van der Waals surface area contributed by atoms with E-state index in [1.807, 2.05) is 26.0 Å². The van der Waals surface area contributed by atoms with Crippen LogP contribution in [-0.4, -0.2) is 27.6 Å². The summed E-state index contributed by atoms with van der Waals surface area (Å²) in [6.07, 6.45) is 6.14. The molecule has 0 unspecified atom stereocenters. The van der Waals surface area contributed by atoms with Gasteiger partial charge in [0.05, 0.1) is 23.8 Å². The van der Waals surface area contributed by atoms with Crippen LogP contribution in [0.15, 0.2) is 47.2 Å². The molecule has 0 atom stereocenters. The first-order valence-electron chi connectivity index (χ1n) is 9.98. The largest absolute Gasteiger partial charge is 0.461 e. The van der Waals surface area contributed by atoms with Gasteiger partial charge in [0.25, 0.3) is 5.91 Å². The summed E-state index contributed by atoms with van der Waals surface area (Å²) in [4.78, 5) is 16.8. The molecule has 0 bridgehead atoms. The fourth-order valence-corrected chi connectivity index (χ4v) is 4.15. The van der Waals surface area contributed by atoms with E-state index in [0.29, 0.717) is 16.6 Å². The lowest BCUT2D eigenvalue weighted by Gasteiger charge is -2.36. The van der Waals surface area contributed by atoms with Gasteiger partial charge in [-0.25, -0.2) is 4.39 Å². The second kappa shape index (κ2) is 7.59. The molecule has 2 N–H and O–H groups in total. The van der Waals surface area contributed by atoms with Crippen LogP contribution in [-0.2, 0) is 0 Å². The molecule has 5 nitrogen and oxygen atoms in total. The molecule has 29 heavy (non-hydrogen) atoms. The lowest BCUT2D eigenvalue weighted by molar-refractivity contribution is -0.00257. The van der Waals surface area contributed by atoms with E-state index in [0.717, 1.165) is 37.4 Å². The van der Waals surface area contributed by atoms with Crippen molar-refractivity contribution < 1.29 is 18.7 Å². The minimum absolute atomic E-state index is 0.108. The second-order valence-electron chi connectivity index (χ2n) is 8.37. The van der Waals surface area contributed by atoms with E-state index in [4.69, 9.17) is 4.42 Å². The maximum Gasteiger partial charge on any atom is 0.251 e. The molecule has 1 aromatic carbocycles. The first-order valence-corrected chi connectivity index (χ1v) is 9.98. The smallest absolute Gasteiger partial charge is 0.251 e. The van der Waals surface area contributed by atoms with Crippen LogP contribution < -0.4 is 5.32 Å². The number of carbonyl (C=O) groups excluding carboxylic acids is 1. The number of hydrogen-bond acceptors (Lipinski definition) is 4. The topological polar surface area (TPSA) is 75.4 Å². The monoisotopic (exact) mass is 396 g/mol. The fourth-order valence-electron chi connectivity index (χ4n) is 4.15. The maximum atomic E-state index is 13.8. The number of furan rings is 1. The van der Waals surface area contributed by atoms with E-state index in [9.17, 15) is 14.3 Å². The molecule has 3 aromatic rings. The number of benzene rings is 1. The van der Waals surface area contributed by atoms with Crippen molar-refractivity contribution in [1.29, 1.82) is 0 Å². The number of carbonyl (C=O) groups is 1. The van der Waals surface area contributed by atoms with E-state index in [-0.39, 0.29) is 23.4 Å². The van der Waals surface area contributed by atoms with Crippen molar-refractivity contribution >= 4 is 16.9 Å². The van der Waals surface area contributed by atoms with Crippen LogP contribution >= 0.6 is 0 Å². The van der Waals surface area contributed by atoms with E-state index in [1.54, 1.807) is 18.2 Å². The zero-order valence-electron chi connectivity index (χ0n) is 16.6. The van der Waals surface area contributed by atoms with Crippen molar-refractivity contribution in [3.63, 3.8) is 0 Å². The van der Waals surface area contributed by atoms with Gasteiger partial charge in [-0.05, 0) is 63.6 Å². The van der Waals surface area contributed by atoms with Gasteiger partial charge in [-0.1, -0.05) is 12.1 Å². The number of halogens is 1. The lowest BCUT2D eigenvalue weighted by atomic mass is 9.77. The normalized spacial score (nSPS) is 20.0. The third-order valence-corrected chi connectivity index (χ3v) is 5.93. The molecule has 1 fully saturated rings. The molecule has 6 heteroatoms. The van der Waals surface area contributed by atoms with Gasteiger partial charge >= 0.3 is 0 Å². The Labute approximate surface area is 168 Å². The Kier molecular flexibility index (Phi) is 5.13.